The largest absolute Gasteiger partial charge is 0.390 e. The minimum atomic E-state index is -0.189. The standard InChI is InChI=1S/C27H46O2/c1-16(2)7-6-8-17(3)20-11-12-21-19-10-9-18-15-23(28)24-25(29-24)27(18,5)22(19)13-14-26(20,21)4/h16-25,28H,6-15H2,1-5H3/t17-,18+,19+,20+,21-,22-,23+,24+,25+,26-,27+/m1/s1. The van der Waals surface area contributed by atoms with Crippen LogP contribution in [-0.4, -0.2) is 23.4 Å². The van der Waals surface area contributed by atoms with Crippen LogP contribution in [0.1, 0.15) is 98.8 Å². The molecule has 0 bridgehead atoms. The fourth-order valence-electron chi connectivity index (χ4n) is 9.65. The molecule has 0 amide bonds. The van der Waals surface area contributed by atoms with Crippen molar-refractivity contribution in [2.75, 3.05) is 0 Å². The molecule has 166 valence electrons. The van der Waals surface area contributed by atoms with Crippen molar-refractivity contribution >= 4 is 0 Å². The lowest BCUT2D eigenvalue weighted by Gasteiger charge is -2.60. The zero-order chi connectivity index (χ0) is 20.6. The average molecular weight is 403 g/mol. The summed E-state index contributed by atoms with van der Waals surface area (Å²) >= 11 is 0. The Labute approximate surface area is 179 Å². The molecule has 11 atom stereocenters. The maximum absolute atomic E-state index is 10.4. The fraction of sp³-hybridized carbons (Fsp3) is 1.00. The molecule has 0 aromatic rings. The van der Waals surface area contributed by atoms with Crippen LogP contribution in [0.2, 0.25) is 0 Å². The number of ether oxygens (including phenoxy) is 1. The Morgan fingerprint density at radius 1 is 0.966 bits per heavy atom. The summed E-state index contributed by atoms with van der Waals surface area (Å²) in [5.74, 6) is 6.10. The van der Waals surface area contributed by atoms with Gasteiger partial charge in [0.15, 0.2) is 0 Å². The molecule has 1 N–H and O–H groups in total. The Hall–Kier alpha value is -0.0800. The monoisotopic (exact) mass is 402 g/mol. The van der Waals surface area contributed by atoms with Crippen molar-refractivity contribution < 1.29 is 9.84 Å². The highest BCUT2D eigenvalue weighted by atomic mass is 16.6. The SMILES string of the molecule is CC(C)CCC[C@@H](C)[C@@H]1CC[C@@H]2[C@@H]3CC[C@H]4C[C@H](O)[C@@H]5O[C@@H]5[C@]4(C)[C@@H]3CC[C@@]21C. The summed E-state index contributed by atoms with van der Waals surface area (Å²) in [4.78, 5) is 0. The fourth-order valence-corrected chi connectivity index (χ4v) is 9.65. The number of fused-ring (bicyclic) bond motifs is 7. The van der Waals surface area contributed by atoms with Crippen LogP contribution in [0.5, 0.6) is 0 Å². The van der Waals surface area contributed by atoms with Crippen molar-refractivity contribution in [3.05, 3.63) is 0 Å². The van der Waals surface area contributed by atoms with E-state index in [4.69, 9.17) is 4.74 Å². The molecule has 1 aliphatic heterocycles. The third-order valence-electron chi connectivity index (χ3n) is 11.2. The van der Waals surface area contributed by atoms with Crippen molar-refractivity contribution in [3.8, 4) is 0 Å². The Kier molecular flexibility index (Phi) is 5.18. The average Bonchev–Trinajstić information content (AvgIpc) is 3.40. The van der Waals surface area contributed by atoms with Crippen molar-refractivity contribution in [3.63, 3.8) is 0 Å². The first-order chi connectivity index (χ1) is 13.8. The van der Waals surface area contributed by atoms with Crippen LogP contribution in [0.3, 0.4) is 0 Å². The van der Waals surface area contributed by atoms with Gasteiger partial charge in [-0.1, -0.05) is 53.9 Å². The molecule has 1 saturated heterocycles. The second-order valence-corrected chi connectivity index (χ2v) is 12.9. The van der Waals surface area contributed by atoms with E-state index in [0.29, 0.717) is 22.9 Å². The van der Waals surface area contributed by atoms with Crippen molar-refractivity contribution in [1.29, 1.82) is 0 Å². The first-order valence-corrected chi connectivity index (χ1v) is 13.1. The van der Waals surface area contributed by atoms with Crippen LogP contribution >= 0.6 is 0 Å². The van der Waals surface area contributed by atoms with E-state index in [1.54, 1.807) is 0 Å². The van der Waals surface area contributed by atoms with Gasteiger partial charge >= 0.3 is 0 Å². The Morgan fingerprint density at radius 3 is 2.52 bits per heavy atom. The summed E-state index contributed by atoms with van der Waals surface area (Å²) in [6, 6.07) is 0. The predicted octanol–water partition coefficient (Wildman–Crippen LogP) is 6.46. The third kappa shape index (κ3) is 3.09. The summed E-state index contributed by atoms with van der Waals surface area (Å²) in [5.41, 5.74) is 0.925. The number of hydrogen-bond acceptors (Lipinski definition) is 2. The summed E-state index contributed by atoms with van der Waals surface area (Å²) in [6.07, 6.45) is 14.2. The maximum atomic E-state index is 10.4. The molecule has 2 nitrogen and oxygen atoms in total. The van der Waals surface area contributed by atoms with Crippen molar-refractivity contribution in [2.45, 2.75) is 117 Å². The van der Waals surface area contributed by atoms with Crippen molar-refractivity contribution in [2.24, 2.45) is 52.3 Å². The van der Waals surface area contributed by atoms with E-state index >= 15 is 0 Å². The first kappa shape index (κ1) is 20.8. The van der Waals surface area contributed by atoms with Gasteiger partial charge in [0.2, 0.25) is 0 Å². The lowest BCUT2D eigenvalue weighted by atomic mass is 9.44. The van der Waals surface area contributed by atoms with E-state index in [9.17, 15) is 5.11 Å². The second-order valence-electron chi connectivity index (χ2n) is 12.9. The molecule has 1 heterocycles. The summed E-state index contributed by atoms with van der Waals surface area (Å²) in [5, 5.41) is 10.4. The maximum Gasteiger partial charge on any atom is 0.111 e. The molecule has 0 spiro atoms. The second kappa shape index (κ2) is 7.22. The highest BCUT2D eigenvalue weighted by Gasteiger charge is 2.69. The molecule has 5 aliphatic rings. The molecule has 4 aliphatic carbocycles. The topological polar surface area (TPSA) is 32.8 Å². The molecule has 0 radical (unpaired) electrons. The molecule has 4 saturated carbocycles. The van der Waals surface area contributed by atoms with Crippen LogP contribution in [0.15, 0.2) is 0 Å². The van der Waals surface area contributed by atoms with Crippen LogP contribution in [-0.2, 0) is 4.74 Å². The zero-order valence-corrected chi connectivity index (χ0v) is 19.7. The quantitative estimate of drug-likeness (QED) is 0.536. The van der Waals surface area contributed by atoms with Gasteiger partial charge < -0.3 is 9.84 Å². The lowest BCUT2D eigenvalue weighted by molar-refractivity contribution is -0.122. The van der Waals surface area contributed by atoms with Gasteiger partial charge in [0.1, 0.15) is 6.10 Å². The summed E-state index contributed by atoms with van der Waals surface area (Å²) < 4.78 is 6.12. The van der Waals surface area contributed by atoms with Gasteiger partial charge in [0, 0.05) is 5.41 Å². The molecule has 29 heavy (non-hydrogen) atoms. The van der Waals surface area contributed by atoms with Gasteiger partial charge in [-0.3, -0.25) is 0 Å². The van der Waals surface area contributed by atoms with Crippen LogP contribution in [0.25, 0.3) is 0 Å². The summed E-state index contributed by atoms with van der Waals surface area (Å²) in [6.45, 7) is 12.6. The lowest BCUT2D eigenvalue weighted by Crippen LogP contribution is -2.57. The van der Waals surface area contributed by atoms with E-state index in [0.717, 1.165) is 41.9 Å². The van der Waals surface area contributed by atoms with Crippen LogP contribution < -0.4 is 0 Å². The van der Waals surface area contributed by atoms with Gasteiger partial charge in [0.05, 0.1) is 12.2 Å². The molecular formula is C27H46O2. The van der Waals surface area contributed by atoms with Gasteiger partial charge in [-0.2, -0.15) is 0 Å². The highest BCUT2D eigenvalue weighted by Crippen LogP contribution is 2.70. The molecule has 0 unspecified atom stereocenters. The third-order valence-corrected chi connectivity index (χ3v) is 11.2. The number of hydrogen-bond donors (Lipinski definition) is 1. The van der Waals surface area contributed by atoms with Gasteiger partial charge in [-0.05, 0) is 91.8 Å². The van der Waals surface area contributed by atoms with Crippen molar-refractivity contribution in [1.82, 2.24) is 0 Å². The van der Waals surface area contributed by atoms with E-state index in [2.05, 4.69) is 34.6 Å². The predicted molar refractivity (Wildman–Crippen MR) is 119 cm³/mol. The van der Waals surface area contributed by atoms with E-state index in [1.807, 2.05) is 0 Å². The smallest absolute Gasteiger partial charge is 0.111 e. The number of epoxide rings is 1. The van der Waals surface area contributed by atoms with Gasteiger partial charge in [-0.15, -0.1) is 0 Å². The molecule has 2 heteroatoms. The minimum absolute atomic E-state index is 0.167. The Morgan fingerprint density at radius 2 is 1.76 bits per heavy atom. The van der Waals surface area contributed by atoms with E-state index in [-0.39, 0.29) is 12.2 Å². The molecular weight excluding hydrogens is 356 g/mol. The number of rotatable bonds is 5. The molecule has 0 aromatic heterocycles. The van der Waals surface area contributed by atoms with E-state index < -0.39 is 0 Å². The van der Waals surface area contributed by atoms with Gasteiger partial charge in [0.25, 0.3) is 0 Å². The Bertz CT molecular complexity index is 616. The number of aliphatic hydroxyl groups excluding tert-OH is 1. The van der Waals surface area contributed by atoms with Crippen LogP contribution in [0.4, 0.5) is 0 Å². The molecule has 0 aromatic carbocycles. The normalized spacial score (nSPS) is 54.3. The first-order valence-electron chi connectivity index (χ1n) is 13.1. The number of aliphatic hydroxyl groups is 1. The molecule has 5 rings (SSSR count). The van der Waals surface area contributed by atoms with Crippen LogP contribution in [0, 0.1) is 52.3 Å². The molecule has 5 fully saturated rings. The van der Waals surface area contributed by atoms with Gasteiger partial charge in [-0.25, -0.2) is 0 Å². The minimum Gasteiger partial charge on any atom is -0.390 e. The summed E-state index contributed by atoms with van der Waals surface area (Å²) in [7, 11) is 0. The Balaban J connectivity index is 1.31. The zero-order valence-electron chi connectivity index (χ0n) is 19.7. The highest BCUT2D eigenvalue weighted by molar-refractivity contribution is 5.17. The van der Waals surface area contributed by atoms with E-state index in [1.165, 1.54) is 57.8 Å².